The standard InChI is InChI=1S/C18H14ClN3O6/c1-9-6-10(22-18(26)20-16(23)14(21-22)17(24)25)7-13(19)15(9)28-12-5-3-4-11(8-12)27-2/h3-8H,1-2H3,(H,24,25)(H,20,23,26). The summed E-state index contributed by atoms with van der Waals surface area (Å²) in [7, 11) is 1.53. The SMILES string of the molecule is COc1cccc(Oc2c(C)cc(-n3nc(C(=O)O)c(=O)[nH]c3=O)cc2Cl)c1. The molecule has 0 radical (unpaired) electrons. The minimum atomic E-state index is -1.56. The molecule has 3 rings (SSSR count). The number of methoxy groups -OCH3 is 1. The molecule has 0 bridgehead atoms. The van der Waals surface area contributed by atoms with Gasteiger partial charge in [0.1, 0.15) is 17.2 Å². The molecule has 0 amide bonds. The first-order valence-electron chi connectivity index (χ1n) is 7.89. The number of aryl methyl sites for hydroxylation is 1. The monoisotopic (exact) mass is 403 g/mol. The quantitative estimate of drug-likeness (QED) is 0.670. The highest BCUT2D eigenvalue weighted by atomic mass is 35.5. The molecular formula is C18H14ClN3O6. The summed E-state index contributed by atoms with van der Waals surface area (Å²) in [5.74, 6) is -0.122. The highest BCUT2D eigenvalue weighted by molar-refractivity contribution is 6.32. The number of hydrogen-bond acceptors (Lipinski definition) is 6. The van der Waals surface area contributed by atoms with Gasteiger partial charge in [-0.2, -0.15) is 9.78 Å². The van der Waals surface area contributed by atoms with Gasteiger partial charge in [0.25, 0.3) is 5.56 Å². The van der Waals surface area contributed by atoms with Crippen molar-refractivity contribution >= 4 is 17.6 Å². The zero-order chi connectivity index (χ0) is 20.4. The fourth-order valence-electron chi connectivity index (χ4n) is 2.46. The molecule has 0 atom stereocenters. The second-order valence-electron chi connectivity index (χ2n) is 5.68. The maximum atomic E-state index is 12.0. The number of nitrogens with zero attached hydrogens (tertiary/aromatic N) is 2. The van der Waals surface area contributed by atoms with Crippen LogP contribution in [0.4, 0.5) is 0 Å². The first-order valence-corrected chi connectivity index (χ1v) is 8.27. The van der Waals surface area contributed by atoms with Crippen LogP contribution in [0.3, 0.4) is 0 Å². The number of aromatic amines is 1. The van der Waals surface area contributed by atoms with Crippen LogP contribution >= 0.6 is 11.6 Å². The van der Waals surface area contributed by atoms with Crippen LogP contribution in [0.2, 0.25) is 5.02 Å². The Kier molecular flexibility index (Phi) is 5.18. The van der Waals surface area contributed by atoms with Crippen molar-refractivity contribution in [2.45, 2.75) is 6.92 Å². The van der Waals surface area contributed by atoms with Gasteiger partial charge in [0.05, 0.1) is 17.8 Å². The zero-order valence-corrected chi connectivity index (χ0v) is 15.5. The van der Waals surface area contributed by atoms with Gasteiger partial charge in [0.15, 0.2) is 0 Å². The molecule has 0 aliphatic rings. The number of carbonyl (C=O) groups is 1. The Labute approximate surface area is 162 Å². The van der Waals surface area contributed by atoms with Crippen LogP contribution in [0.15, 0.2) is 46.0 Å². The van der Waals surface area contributed by atoms with Crippen LogP contribution in [0.1, 0.15) is 16.1 Å². The zero-order valence-electron chi connectivity index (χ0n) is 14.7. The molecule has 2 N–H and O–H groups in total. The number of ether oxygens (including phenoxy) is 2. The van der Waals surface area contributed by atoms with Crippen molar-refractivity contribution in [2.24, 2.45) is 0 Å². The highest BCUT2D eigenvalue weighted by Gasteiger charge is 2.17. The molecule has 1 heterocycles. The summed E-state index contributed by atoms with van der Waals surface area (Å²) in [6, 6.07) is 9.82. The van der Waals surface area contributed by atoms with E-state index in [0.717, 1.165) is 4.68 Å². The molecule has 1 aromatic heterocycles. The lowest BCUT2D eigenvalue weighted by atomic mass is 10.2. The molecule has 9 nitrogen and oxygen atoms in total. The van der Waals surface area contributed by atoms with E-state index in [9.17, 15) is 14.4 Å². The van der Waals surface area contributed by atoms with Gasteiger partial charge in [0.2, 0.25) is 5.69 Å². The Morgan fingerprint density at radius 2 is 1.93 bits per heavy atom. The maximum Gasteiger partial charge on any atom is 0.362 e. The van der Waals surface area contributed by atoms with Gasteiger partial charge in [0, 0.05) is 6.07 Å². The highest BCUT2D eigenvalue weighted by Crippen LogP contribution is 2.35. The number of carboxylic acid groups (broad SMARTS) is 1. The summed E-state index contributed by atoms with van der Waals surface area (Å²) in [5, 5.41) is 12.8. The summed E-state index contributed by atoms with van der Waals surface area (Å²) in [6.07, 6.45) is 0. The van der Waals surface area contributed by atoms with E-state index < -0.39 is 22.9 Å². The van der Waals surface area contributed by atoms with Gasteiger partial charge in [-0.3, -0.25) is 9.78 Å². The molecule has 0 unspecified atom stereocenters. The van der Waals surface area contributed by atoms with Crippen LogP contribution in [0.25, 0.3) is 5.69 Å². The molecule has 0 spiro atoms. The Morgan fingerprint density at radius 3 is 2.57 bits per heavy atom. The molecule has 144 valence electrons. The number of H-pyrrole nitrogens is 1. The van der Waals surface area contributed by atoms with Gasteiger partial charge >= 0.3 is 11.7 Å². The predicted molar refractivity (Wildman–Crippen MR) is 100 cm³/mol. The minimum Gasteiger partial charge on any atom is -0.497 e. The maximum absolute atomic E-state index is 12.0. The van der Waals surface area contributed by atoms with E-state index in [1.807, 2.05) is 4.98 Å². The summed E-state index contributed by atoms with van der Waals surface area (Å²) < 4.78 is 11.7. The van der Waals surface area contributed by atoms with E-state index in [1.54, 1.807) is 31.2 Å². The molecule has 0 saturated heterocycles. The van der Waals surface area contributed by atoms with Crippen molar-refractivity contribution in [3.05, 3.63) is 73.5 Å². The lowest BCUT2D eigenvalue weighted by molar-refractivity contribution is 0.0685. The lowest BCUT2D eigenvalue weighted by Crippen LogP contribution is -2.35. The fraction of sp³-hybridized carbons (Fsp3) is 0.111. The smallest absolute Gasteiger partial charge is 0.362 e. The Bertz CT molecular complexity index is 1160. The molecule has 28 heavy (non-hydrogen) atoms. The number of carboxylic acids is 1. The van der Waals surface area contributed by atoms with Crippen molar-refractivity contribution in [1.82, 2.24) is 14.8 Å². The number of hydrogen-bond donors (Lipinski definition) is 2. The Morgan fingerprint density at radius 1 is 1.21 bits per heavy atom. The average Bonchev–Trinajstić information content (AvgIpc) is 2.64. The first kappa shape index (κ1) is 19.2. The van der Waals surface area contributed by atoms with Crippen molar-refractivity contribution in [1.29, 1.82) is 0 Å². The van der Waals surface area contributed by atoms with Crippen molar-refractivity contribution in [3.8, 4) is 22.9 Å². The molecule has 2 aromatic carbocycles. The number of aromatic carboxylic acids is 1. The van der Waals surface area contributed by atoms with Crippen LogP contribution in [-0.2, 0) is 0 Å². The first-order chi connectivity index (χ1) is 13.3. The minimum absolute atomic E-state index is 0.162. The third-order valence-electron chi connectivity index (χ3n) is 3.75. The second-order valence-corrected chi connectivity index (χ2v) is 6.09. The lowest BCUT2D eigenvalue weighted by Gasteiger charge is -2.13. The predicted octanol–water partition coefficient (Wildman–Crippen LogP) is 2.38. The molecule has 0 saturated carbocycles. The van der Waals surface area contributed by atoms with E-state index >= 15 is 0 Å². The normalized spacial score (nSPS) is 10.5. The van der Waals surface area contributed by atoms with Gasteiger partial charge in [-0.05, 0) is 36.8 Å². The number of nitrogens with one attached hydrogen (secondary N) is 1. The van der Waals surface area contributed by atoms with E-state index in [2.05, 4.69) is 5.10 Å². The average molecular weight is 404 g/mol. The fourth-order valence-corrected chi connectivity index (χ4v) is 2.76. The van der Waals surface area contributed by atoms with Crippen molar-refractivity contribution < 1.29 is 19.4 Å². The Hall–Kier alpha value is -3.59. The van der Waals surface area contributed by atoms with Crippen LogP contribution in [0, 0.1) is 6.92 Å². The van der Waals surface area contributed by atoms with Gasteiger partial charge in [-0.15, -0.1) is 0 Å². The Balaban J connectivity index is 2.05. The van der Waals surface area contributed by atoms with E-state index in [4.69, 9.17) is 26.2 Å². The van der Waals surface area contributed by atoms with Gasteiger partial charge in [-0.1, -0.05) is 17.7 Å². The third-order valence-corrected chi connectivity index (χ3v) is 4.03. The van der Waals surface area contributed by atoms with Gasteiger partial charge in [-0.25, -0.2) is 9.59 Å². The summed E-state index contributed by atoms with van der Waals surface area (Å²) in [6.45, 7) is 1.69. The number of aromatic nitrogens is 3. The van der Waals surface area contributed by atoms with Crippen LogP contribution < -0.4 is 20.7 Å². The molecule has 10 heteroatoms. The summed E-state index contributed by atoms with van der Waals surface area (Å²) in [5.41, 5.74) is -2.07. The van der Waals surface area contributed by atoms with E-state index in [1.165, 1.54) is 19.2 Å². The van der Waals surface area contributed by atoms with Crippen molar-refractivity contribution in [3.63, 3.8) is 0 Å². The van der Waals surface area contributed by atoms with Gasteiger partial charge < -0.3 is 14.6 Å². The van der Waals surface area contributed by atoms with Crippen LogP contribution in [0.5, 0.6) is 17.2 Å². The number of halogens is 1. The number of benzene rings is 2. The van der Waals surface area contributed by atoms with E-state index in [-0.39, 0.29) is 10.7 Å². The summed E-state index contributed by atoms with van der Waals surface area (Å²) >= 11 is 6.31. The third kappa shape index (κ3) is 3.74. The largest absolute Gasteiger partial charge is 0.497 e. The second kappa shape index (κ2) is 7.57. The molecule has 0 aliphatic carbocycles. The molecular weight excluding hydrogens is 390 g/mol. The van der Waals surface area contributed by atoms with E-state index in [0.29, 0.717) is 22.8 Å². The van der Waals surface area contributed by atoms with Crippen molar-refractivity contribution in [2.75, 3.05) is 7.11 Å². The van der Waals surface area contributed by atoms with Crippen LogP contribution in [-0.4, -0.2) is 33.0 Å². The summed E-state index contributed by atoms with van der Waals surface area (Å²) in [4.78, 5) is 36.6. The molecule has 0 aliphatic heterocycles. The molecule has 3 aromatic rings. The number of rotatable bonds is 5. The topological polar surface area (TPSA) is 124 Å². The molecule has 0 fully saturated rings.